The summed E-state index contributed by atoms with van der Waals surface area (Å²) in [6, 6.07) is 13.9. The molecule has 2 atom stereocenters. The zero-order chi connectivity index (χ0) is 37.9. The van der Waals surface area contributed by atoms with E-state index >= 15 is 0 Å². The van der Waals surface area contributed by atoms with Crippen molar-refractivity contribution in [3.05, 3.63) is 92.0 Å². The average Bonchev–Trinajstić information content (AvgIpc) is 3.12. The largest absolute Gasteiger partial charge is 0.481 e. The van der Waals surface area contributed by atoms with Crippen molar-refractivity contribution in [2.75, 3.05) is 14.2 Å². The summed E-state index contributed by atoms with van der Waals surface area (Å²) in [4.78, 5) is 31.7. The van der Waals surface area contributed by atoms with Gasteiger partial charge in [0.2, 0.25) is 23.5 Å². The number of nitrogens with zero attached hydrogens (tertiary/aromatic N) is 2. The minimum absolute atomic E-state index is 0.193. The lowest BCUT2D eigenvalue weighted by Gasteiger charge is -2.18. The second-order valence-electron chi connectivity index (χ2n) is 12.0. The minimum atomic E-state index is -0.936. The van der Waals surface area contributed by atoms with Crippen molar-refractivity contribution < 1.29 is 38.7 Å². The van der Waals surface area contributed by atoms with Crippen molar-refractivity contribution in [2.24, 2.45) is 0 Å². The zero-order valence-electron chi connectivity index (χ0n) is 30.0. The van der Waals surface area contributed by atoms with Crippen LogP contribution in [0.2, 0.25) is 10.0 Å². The molecule has 52 heavy (non-hydrogen) atoms. The molecule has 2 heterocycles. The fourth-order valence-electron chi connectivity index (χ4n) is 5.63. The van der Waals surface area contributed by atoms with Gasteiger partial charge in [0, 0.05) is 24.2 Å². The van der Waals surface area contributed by atoms with Gasteiger partial charge in [0.15, 0.2) is 0 Å². The summed E-state index contributed by atoms with van der Waals surface area (Å²) in [5, 5.41) is 25.2. The summed E-state index contributed by atoms with van der Waals surface area (Å²) in [5.41, 5.74) is 7.15. The van der Waals surface area contributed by atoms with Gasteiger partial charge >= 0.3 is 11.9 Å². The van der Waals surface area contributed by atoms with E-state index in [0.29, 0.717) is 24.0 Å². The first-order valence-electron chi connectivity index (χ1n) is 16.7. The van der Waals surface area contributed by atoms with Gasteiger partial charge in [-0.25, -0.2) is 0 Å². The number of hydrogen-bond acceptors (Lipinski definition) is 10. The molecule has 0 amide bonds. The Morgan fingerprint density at radius 1 is 0.673 bits per heavy atom. The molecule has 4 aromatic rings. The maximum atomic E-state index is 11.4. The third-order valence-electron chi connectivity index (χ3n) is 8.75. The van der Waals surface area contributed by atoms with Crippen molar-refractivity contribution in [1.29, 1.82) is 0 Å². The topological polar surface area (TPSA) is 161 Å². The second-order valence-corrected chi connectivity index (χ2v) is 12.8. The molecule has 4 N–H and O–H groups in total. The van der Waals surface area contributed by atoms with Crippen molar-refractivity contribution in [3.63, 3.8) is 0 Å². The monoisotopic (exact) mass is 754 g/mol. The van der Waals surface area contributed by atoms with Crippen LogP contribution in [-0.2, 0) is 35.9 Å². The van der Waals surface area contributed by atoms with Gasteiger partial charge in [0.05, 0.1) is 14.2 Å². The smallest absolute Gasteiger partial charge is 0.320 e. The van der Waals surface area contributed by atoms with E-state index in [1.165, 1.54) is 14.2 Å². The summed E-state index contributed by atoms with van der Waals surface area (Å²) in [6.45, 7) is 8.44. The average molecular weight is 756 g/mol. The molecule has 0 saturated carbocycles. The molecule has 0 spiro atoms. The number of ether oxygens (including phenoxy) is 4. The summed E-state index contributed by atoms with van der Waals surface area (Å²) >= 11 is 13.1. The number of hydrogen-bond donors (Lipinski definition) is 4. The van der Waals surface area contributed by atoms with E-state index in [2.05, 4.69) is 20.6 Å². The maximum absolute atomic E-state index is 11.4. The molecule has 2 aromatic heterocycles. The van der Waals surface area contributed by atoms with Crippen LogP contribution in [0.5, 0.6) is 23.5 Å². The van der Waals surface area contributed by atoms with Gasteiger partial charge in [-0.2, -0.15) is 9.97 Å². The van der Waals surface area contributed by atoms with E-state index in [0.717, 1.165) is 33.4 Å². The molecule has 0 radical (unpaired) electrons. The maximum Gasteiger partial charge on any atom is 0.320 e. The number of carboxylic acids is 2. The molecular formula is C38H44Cl2N4O8. The van der Waals surface area contributed by atoms with Crippen molar-refractivity contribution in [1.82, 2.24) is 20.6 Å². The first kappa shape index (κ1) is 40.2. The SMILES string of the molecule is CC[C@@H](NCc1cc(Cl)c(OCc2cccc(-c3cccc(COc4nc(OC)c(CN[C@H](CC)C(=O)O)cc4Cl)c3C)c2C)nc1OC)C(=O)O. The summed E-state index contributed by atoms with van der Waals surface area (Å²) in [7, 11) is 2.97. The molecule has 14 heteroatoms. The Kier molecular flexibility index (Phi) is 14.5. The summed E-state index contributed by atoms with van der Waals surface area (Å²) in [6.07, 6.45) is 0.842. The number of rotatable bonds is 19. The quantitative estimate of drug-likeness (QED) is 0.0767. The highest BCUT2D eigenvalue weighted by Gasteiger charge is 2.20. The van der Waals surface area contributed by atoms with E-state index in [1.54, 1.807) is 26.0 Å². The van der Waals surface area contributed by atoms with E-state index in [1.807, 2.05) is 50.2 Å². The van der Waals surface area contributed by atoms with Gasteiger partial charge in [-0.1, -0.05) is 73.4 Å². The first-order valence-corrected chi connectivity index (χ1v) is 17.5. The number of aromatic nitrogens is 2. The van der Waals surface area contributed by atoms with Crippen LogP contribution in [0.1, 0.15) is 60.1 Å². The molecule has 278 valence electrons. The van der Waals surface area contributed by atoms with Gasteiger partial charge in [0.1, 0.15) is 35.3 Å². The number of methoxy groups -OCH3 is 2. The van der Waals surface area contributed by atoms with Crippen LogP contribution in [-0.4, -0.2) is 58.4 Å². The number of carboxylic acid groups (broad SMARTS) is 2. The molecule has 4 rings (SSSR count). The molecule has 0 bridgehead atoms. The molecule has 0 unspecified atom stereocenters. The molecule has 0 saturated heterocycles. The van der Waals surface area contributed by atoms with E-state index in [4.69, 9.17) is 42.1 Å². The molecule has 2 aromatic carbocycles. The number of carbonyl (C=O) groups is 2. The van der Waals surface area contributed by atoms with Crippen LogP contribution in [0.3, 0.4) is 0 Å². The number of aliphatic carboxylic acids is 2. The molecule has 0 aliphatic heterocycles. The van der Waals surface area contributed by atoms with Crippen LogP contribution >= 0.6 is 23.2 Å². The Labute approximate surface area is 313 Å². The van der Waals surface area contributed by atoms with Crippen molar-refractivity contribution in [3.8, 4) is 34.6 Å². The molecule has 12 nitrogen and oxygen atoms in total. The molecule has 0 aliphatic carbocycles. The lowest BCUT2D eigenvalue weighted by molar-refractivity contribution is -0.140. The Morgan fingerprint density at radius 3 is 1.38 bits per heavy atom. The number of nitrogens with one attached hydrogen (secondary N) is 2. The van der Waals surface area contributed by atoms with Crippen molar-refractivity contribution in [2.45, 2.75) is 78.9 Å². The predicted molar refractivity (Wildman–Crippen MR) is 199 cm³/mol. The molecular weight excluding hydrogens is 711 g/mol. The fraction of sp³-hybridized carbons (Fsp3) is 0.368. The highest BCUT2D eigenvalue weighted by Crippen LogP contribution is 2.34. The molecule has 0 aliphatic rings. The number of halogens is 2. The Balaban J connectivity index is 1.49. The van der Waals surface area contributed by atoms with Crippen LogP contribution in [0, 0.1) is 13.8 Å². The second kappa shape index (κ2) is 18.7. The number of benzene rings is 2. The lowest BCUT2D eigenvalue weighted by atomic mass is 9.92. The lowest BCUT2D eigenvalue weighted by Crippen LogP contribution is -2.35. The molecule has 0 fully saturated rings. The normalized spacial score (nSPS) is 12.2. The fourth-order valence-corrected chi connectivity index (χ4v) is 6.09. The number of pyridine rings is 2. The van der Waals surface area contributed by atoms with Crippen LogP contribution in [0.25, 0.3) is 11.1 Å². The highest BCUT2D eigenvalue weighted by atomic mass is 35.5. The predicted octanol–water partition coefficient (Wildman–Crippen LogP) is 7.15. The van der Waals surface area contributed by atoms with E-state index in [9.17, 15) is 19.8 Å². The van der Waals surface area contributed by atoms with E-state index < -0.39 is 24.0 Å². The van der Waals surface area contributed by atoms with Crippen LogP contribution < -0.4 is 29.6 Å². The summed E-state index contributed by atoms with van der Waals surface area (Å²) in [5.74, 6) is -0.895. The van der Waals surface area contributed by atoms with Gasteiger partial charge in [-0.3, -0.25) is 9.59 Å². The highest BCUT2D eigenvalue weighted by molar-refractivity contribution is 6.32. The van der Waals surface area contributed by atoms with Crippen LogP contribution in [0.4, 0.5) is 0 Å². The standard InChI is InChI=1S/C38H44Cl2N4O8/c1-7-31(37(45)46)41-17-25-15-29(39)35(43-33(25)49-5)51-19-23-11-9-13-27(21(23)3)28-14-10-12-24(22(28)4)20-52-36-30(40)16-26(34(44-36)50-6)18-42-32(8-2)38(47)48/h9-16,31-32,41-42H,7-8,17-20H2,1-6H3,(H,45,46)(H,47,48)/t31-,32-/m1/s1. The first-order chi connectivity index (χ1) is 24.9. The Hall–Kier alpha value is -4.62. The summed E-state index contributed by atoms with van der Waals surface area (Å²) < 4.78 is 23.1. The minimum Gasteiger partial charge on any atom is -0.481 e. The Bertz CT molecular complexity index is 1760. The van der Waals surface area contributed by atoms with Gasteiger partial charge in [-0.05, 0) is 72.2 Å². The third kappa shape index (κ3) is 9.82. The van der Waals surface area contributed by atoms with Gasteiger partial charge < -0.3 is 39.8 Å². The Morgan fingerprint density at radius 2 is 1.06 bits per heavy atom. The van der Waals surface area contributed by atoms with Gasteiger partial charge in [0.25, 0.3) is 0 Å². The van der Waals surface area contributed by atoms with Gasteiger partial charge in [-0.15, -0.1) is 0 Å². The van der Waals surface area contributed by atoms with Crippen LogP contribution in [0.15, 0.2) is 48.5 Å². The van der Waals surface area contributed by atoms with E-state index in [-0.39, 0.29) is 59.9 Å². The zero-order valence-corrected chi connectivity index (χ0v) is 31.5. The van der Waals surface area contributed by atoms with Crippen molar-refractivity contribution >= 4 is 35.1 Å². The third-order valence-corrected chi connectivity index (χ3v) is 9.30.